The first-order valence-corrected chi connectivity index (χ1v) is 9.50. The number of anilines is 1. The van der Waals surface area contributed by atoms with Gasteiger partial charge in [-0.3, -0.25) is 9.52 Å². The van der Waals surface area contributed by atoms with E-state index in [4.69, 9.17) is 0 Å². The largest absolute Gasteiger partial charge is 0.352 e. The Labute approximate surface area is 147 Å². The standard InChI is InChI=1S/C18H21FN2O3S/c1-13-7-9-16(10-8-13)21-25(23,24)12-14(2)18(22)20-11-15-5-3-4-6-17(15)19/h3-10,14,21H,11-12H2,1-2H3,(H,20,22). The van der Waals surface area contributed by atoms with Gasteiger partial charge in [-0.15, -0.1) is 0 Å². The van der Waals surface area contributed by atoms with E-state index in [-0.39, 0.29) is 12.3 Å². The van der Waals surface area contributed by atoms with Crippen molar-refractivity contribution in [2.24, 2.45) is 5.92 Å². The van der Waals surface area contributed by atoms with Crippen molar-refractivity contribution >= 4 is 21.6 Å². The minimum absolute atomic E-state index is 0.0152. The van der Waals surface area contributed by atoms with Crippen molar-refractivity contribution in [3.63, 3.8) is 0 Å². The van der Waals surface area contributed by atoms with Crippen molar-refractivity contribution in [2.45, 2.75) is 20.4 Å². The van der Waals surface area contributed by atoms with Gasteiger partial charge in [-0.1, -0.05) is 42.8 Å². The summed E-state index contributed by atoms with van der Waals surface area (Å²) in [6.45, 7) is 3.44. The minimum Gasteiger partial charge on any atom is -0.352 e. The second-order valence-electron chi connectivity index (χ2n) is 5.96. The maximum atomic E-state index is 13.5. The molecule has 0 saturated carbocycles. The fourth-order valence-electron chi connectivity index (χ4n) is 2.25. The predicted octanol–water partition coefficient (Wildman–Crippen LogP) is 2.83. The van der Waals surface area contributed by atoms with Crippen LogP contribution in [0.5, 0.6) is 0 Å². The summed E-state index contributed by atoms with van der Waals surface area (Å²) in [5.41, 5.74) is 1.82. The van der Waals surface area contributed by atoms with Gasteiger partial charge in [-0.25, -0.2) is 12.8 Å². The predicted molar refractivity (Wildman–Crippen MR) is 96.0 cm³/mol. The average Bonchev–Trinajstić information content (AvgIpc) is 2.55. The Morgan fingerprint density at radius 3 is 2.40 bits per heavy atom. The lowest BCUT2D eigenvalue weighted by Crippen LogP contribution is -2.34. The van der Waals surface area contributed by atoms with Crippen molar-refractivity contribution < 1.29 is 17.6 Å². The third-order valence-electron chi connectivity index (χ3n) is 3.65. The number of aryl methyl sites for hydroxylation is 1. The summed E-state index contributed by atoms with van der Waals surface area (Å²) in [6.07, 6.45) is 0. The molecule has 2 N–H and O–H groups in total. The summed E-state index contributed by atoms with van der Waals surface area (Å²) < 4.78 is 40.3. The van der Waals surface area contributed by atoms with Gasteiger partial charge in [0.05, 0.1) is 11.7 Å². The molecule has 7 heteroatoms. The van der Waals surface area contributed by atoms with Gasteiger partial charge in [0, 0.05) is 17.8 Å². The van der Waals surface area contributed by atoms with Crippen molar-refractivity contribution in [3.05, 3.63) is 65.5 Å². The van der Waals surface area contributed by atoms with Crippen molar-refractivity contribution in [3.8, 4) is 0 Å². The Hall–Kier alpha value is -2.41. The van der Waals surface area contributed by atoms with Gasteiger partial charge in [0.15, 0.2) is 0 Å². The van der Waals surface area contributed by atoms with E-state index in [1.165, 1.54) is 13.0 Å². The van der Waals surface area contributed by atoms with Crippen LogP contribution in [0.4, 0.5) is 10.1 Å². The van der Waals surface area contributed by atoms with E-state index in [9.17, 15) is 17.6 Å². The monoisotopic (exact) mass is 364 g/mol. The summed E-state index contributed by atoms with van der Waals surface area (Å²) in [5, 5.41) is 2.56. The molecule has 2 rings (SSSR count). The van der Waals surface area contributed by atoms with Crippen LogP contribution < -0.4 is 10.0 Å². The first-order chi connectivity index (χ1) is 11.8. The summed E-state index contributed by atoms with van der Waals surface area (Å²) in [4.78, 5) is 12.1. The molecule has 0 heterocycles. The highest BCUT2D eigenvalue weighted by atomic mass is 32.2. The van der Waals surface area contributed by atoms with Crippen molar-refractivity contribution in [1.82, 2.24) is 5.32 Å². The summed E-state index contributed by atoms with van der Waals surface area (Å²) in [7, 11) is -3.67. The van der Waals surface area contributed by atoms with Crippen LogP contribution in [-0.2, 0) is 21.4 Å². The lowest BCUT2D eigenvalue weighted by atomic mass is 10.2. The van der Waals surface area contributed by atoms with Crippen LogP contribution in [0.1, 0.15) is 18.1 Å². The molecule has 0 aromatic heterocycles. The molecule has 2 aromatic rings. The first kappa shape index (κ1) is 18.9. The summed E-state index contributed by atoms with van der Waals surface area (Å²) in [5.74, 6) is -1.99. The third-order valence-corrected chi connectivity index (χ3v) is 5.14. The Kier molecular flexibility index (Phi) is 6.14. The molecule has 5 nitrogen and oxygen atoms in total. The summed E-state index contributed by atoms with van der Waals surface area (Å²) in [6, 6.07) is 13.0. The maximum absolute atomic E-state index is 13.5. The molecule has 0 aliphatic heterocycles. The van der Waals surface area contributed by atoms with Gasteiger partial charge < -0.3 is 5.32 Å². The molecule has 1 amide bonds. The highest BCUT2D eigenvalue weighted by molar-refractivity contribution is 7.92. The second kappa shape index (κ2) is 8.11. The van der Waals surface area contributed by atoms with Gasteiger partial charge in [0.1, 0.15) is 5.82 Å². The molecular formula is C18H21FN2O3S. The van der Waals surface area contributed by atoms with Crippen LogP contribution in [0.25, 0.3) is 0 Å². The maximum Gasteiger partial charge on any atom is 0.233 e. The molecule has 0 saturated heterocycles. The number of rotatable bonds is 7. The Morgan fingerprint density at radius 1 is 1.12 bits per heavy atom. The minimum atomic E-state index is -3.67. The van der Waals surface area contributed by atoms with Crippen LogP contribution in [-0.4, -0.2) is 20.1 Å². The molecule has 0 radical (unpaired) electrons. The van der Waals surface area contributed by atoms with E-state index in [0.717, 1.165) is 5.56 Å². The highest BCUT2D eigenvalue weighted by Gasteiger charge is 2.21. The number of benzene rings is 2. The van der Waals surface area contributed by atoms with E-state index in [0.29, 0.717) is 11.3 Å². The fourth-order valence-corrected chi connectivity index (χ4v) is 3.63. The van der Waals surface area contributed by atoms with Crippen LogP contribution >= 0.6 is 0 Å². The normalized spacial score (nSPS) is 12.4. The molecular weight excluding hydrogens is 343 g/mol. The van der Waals surface area contributed by atoms with E-state index in [1.54, 1.807) is 42.5 Å². The number of nitrogens with one attached hydrogen (secondary N) is 2. The molecule has 134 valence electrons. The molecule has 0 fully saturated rings. The van der Waals surface area contributed by atoms with Crippen LogP contribution in [0.3, 0.4) is 0 Å². The number of sulfonamides is 1. The molecule has 2 aromatic carbocycles. The topological polar surface area (TPSA) is 75.3 Å². The number of hydrogen-bond acceptors (Lipinski definition) is 3. The zero-order chi connectivity index (χ0) is 18.4. The molecule has 0 bridgehead atoms. The Bertz CT molecular complexity index is 836. The van der Waals surface area contributed by atoms with Gasteiger partial charge in [0.25, 0.3) is 0 Å². The quantitative estimate of drug-likeness (QED) is 0.793. The van der Waals surface area contributed by atoms with Gasteiger partial charge >= 0.3 is 0 Å². The van der Waals surface area contributed by atoms with E-state index >= 15 is 0 Å². The number of carbonyl (C=O) groups is 1. The number of halogens is 1. The van der Waals surface area contributed by atoms with Crippen LogP contribution in [0, 0.1) is 18.7 Å². The molecule has 1 unspecified atom stereocenters. The lowest BCUT2D eigenvalue weighted by Gasteiger charge is -2.14. The molecule has 0 aliphatic rings. The van der Waals surface area contributed by atoms with Crippen molar-refractivity contribution in [2.75, 3.05) is 10.5 Å². The Balaban J connectivity index is 1.91. The zero-order valence-electron chi connectivity index (χ0n) is 14.1. The first-order valence-electron chi connectivity index (χ1n) is 7.85. The van der Waals surface area contributed by atoms with Gasteiger partial charge in [-0.2, -0.15) is 0 Å². The second-order valence-corrected chi connectivity index (χ2v) is 7.73. The molecule has 25 heavy (non-hydrogen) atoms. The number of hydrogen-bond donors (Lipinski definition) is 2. The molecule has 0 aliphatic carbocycles. The lowest BCUT2D eigenvalue weighted by molar-refractivity contribution is -0.124. The fraction of sp³-hybridized carbons (Fsp3) is 0.278. The SMILES string of the molecule is Cc1ccc(NS(=O)(=O)CC(C)C(=O)NCc2ccccc2F)cc1. The van der Waals surface area contributed by atoms with Crippen LogP contribution in [0.15, 0.2) is 48.5 Å². The molecule has 0 spiro atoms. The van der Waals surface area contributed by atoms with Crippen molar-refractivity contribution in [1.29, 1.82) is 0 Å². The van der Waals surface area contributed by atoms with E-state index in [1.807, 2.05) is 6.92 Å². The van der Waals surface area contributed by atoms with Crippen LogP contribution in [0.2, 0.25) is 0 Å². The smallest absolute Gasteiger partial charge is 0.233 e. The summed E-state index contributed by atoms with van der Waals surface area (Å²) >= 11 is 0. The van der Waals surface area contributed by atoms with E-state index < -0.39 is 27.7 Å². The average molecular weight is 364 g/mol. The highest BCUT2D eigenvalue weighted by Crippen LogP contribution is 2.13. The number of carbonyl (C=O) groups excluding carboxylic acids is 1. The third kappa shape index (κ3) is 5.86. The molecule has 1 atom stereocenters. The number of amides is 1. The zero-order valence-corrected chi connectivity index (χ0v) is 14.9. The Morgan fingerprint density at radius 2 is 1.76 bits per heavy atom. The van der Waals surface area contributed by atoms with Gasteiger partial charge in [-0.05, 0) is 25.1 Å². The van der Waals surface area contributed by atoms with Gasteiger partial charge in [0.2, 0.25) is 15.9 Å². The van der Waals surface area contributed by atoms with E-state index in [2.05, 4.69) is 10.0 Å².